The van der Waals surface area contributed by atoms with Crippen LogP contribution in [0.3, 0.4) is 0 Å². The van der Waals surface area contributed by atoms with Gasteiger partial charge in [0.25, 0.3) is 0 Å². The van der Waals surface area contributed by atoms with Crippen molar-refractivity contribution < 1.29 is 37.3 Å². The van der Waals surface area contributed by atoms with Crippen molar-refractivity contribution in [3.8, 4) is 5.75 Å². The van der Waals surface area contributed by atoms with Crippen LogP contribution >= 0.6 is 18.9 Å². The predicted octanol–water partition coefficient (Wildman–Crippen LogP) is 6.73. The molecule has 3 aromatic rings. The van der Waals surface area contributed by atoms with E-state index in [0.717, 1.165) is 34.6 Å². The summed E-state index contributed by atoms with van der Waals surface area (Å²) in [6.07, 6.45) is 2.02. The Kier molecular flexibility index (Phi) is 7.78. The molecule has 1 saturated heterocycles. The lowest BCUT2D eigenvalue weighted by molar-refractivity contribution is -0.147. The number of unbranched alkanes of at least 4 members (excludes halogenated alkanes) is 1. The van der Waals surface area contributed by atoms with Crippen LogP contribution in [-0.4, -0.2) is 40.9 Å². The molecule has 1 aliphatic rings. The Hall–Kier alpha value is -2.81. The van der Waals surface area contributed by atoms with Gasteiger partial charge in [-0.2, -0.15) is 8.78 Å². The van der Waals surface area contributed by atoms with Gasteiger partial charge in [0.1, 0.15) is 16.7 Å². The van der Waals surface area contributed by atoms with Crippen LogP contribution in [0, 0.1) is 0 Å². The first-order valence-electron chi connectivity index (χ1n) is 11.6. The molecule has 1 fully saturated rings. The molecule has 11 heteroatoms. The Morgan fingerprint density at radius 1 is 1.19 bits per heavy atom. The van der Waals surface area contributed by atoms with E-state index in [4.69, 9.17) is 9.26 Å². The number of fused-ring (bicyclic) bond motifs is 1. The Labute approximate surface area is 211 Å². The number of hydrogen-bond donors (Lipinski definition) is 1. The molecule has 4 rings (SSSR count). The first-order valence-corrected chi connectivity index (χ1v) is 14.0. The van der Waals surface area contributed by atoms with Gasteiger partial charge in [0.15, 0.2) is 0 Å². The van der Waals surface area contributed by atoms with E-state index in [1.165, 1.54) is 24.3 Å². The summed E-state index contributed by atoms with van der Waals surface area (Å²) in [5.74, 6) is -1.88. The average molecular weight is 538 g/mol. The average Bonchev–Trinajstić information content (AvgIpc) is 3.52. The number of alkyl halides is 2. The van der Waals surface area contributed by atoms with E-state index in [1.54, 1.807) is 18.2 Å². The zero-order valence-electron chi connectivity index (χ0n) is 19.6. The standard InChI is InChI=1S/C25H26F2NO6PS/c1-2-3-14-33-24(31)20-10-7-13-28(20)35(32,34-19-8-5-4-6-9-19)25(26,27)18-11-12-21-17(15-18)16-22(36-21)23(29)30/h4-6,8-9,11-12,15-16,20H,2-3,7,10,13-14H2,1H3,(H,29,30)/t20-,35?/m0/s1. The normalized spacial score (nSPS) is 18.1. The van der Waals surface area contributed by atoms with Gasteiger partial charge < -0.3 is 14.4 Å². The number of esters is 1. The lowest BCUT2D eigenvalue weighted by Crippen LogP contribution is -2.40. The van der Waals surface area contributed by atoms with E-state index in [0.29, 0.717) is 17.5 Å². The quantitative estimate of drug-likeness (QED) is 0.174. The molecule has 192 valence electrons. The van der Waals surface area contributed by atoms with E-state index in [9.17, 15) is 19.3 Å². The molecule has 0 saturated carbocycles. The minimum Gasteiger partial charge on any atom is -0.477 e. The molecule has 2 atom stereocenters. The zero-order chi connectivity index (χ0) is 25.9. The summed E-state index contributed by atoms with van der Waals surface area (Å²) in [5.41, 5.74) is -4.61. The highest BCUT2D eigenvalue weighted by Gasteiger charge is 2.62. The first-order chi connectivity index (χ1) is 17.2. The number of benzene rings is 2. The summed E-state index contributed by atoms with van der Waals surface area (Å²) in [6, 6.07) is 11.5. The van der Waals surface area contributed by atoms with Gasteiger partial charge in [-0.15, -0.1) is 11.3 Å². The smallest absolute Gasteiger partial charge is 0.393 e. The van der Waals surface area contributed by atoms with Crippen LogP contribution < -0.4 is 4.52 Å². The predicted molar refractivity (Wildman–Crippen MR) is 133 cm³/mol. The SMILES string of the molecule is CCCCOC(=O)[C@@H]1CCCN1P(=O)(Oc1ccccc1)C(F)(F)c1ccc2sc(C(=O)O)cc2c1. The van der Waals surface area contributed by atoms with Gasteiger partial charge in [0.2, 0.25) is 0 Å². The number of halogens is 2. The van der Waals surface area contributed by atoms with Crippen molar-refractivity contribution in [3.63, 3.8) is 0 Å². The molecular weight excluding hydrogens is 511 g/mol. The molecule has 36 heavy (non-hydrogen) atoms. The van der Waals surface area contributed by atoms with Crippen LogP contribution in [0.25, 0.3) is 10.1 Å². The van der Waals surface area contributed by atoms with E-state index >= 15 is 8.78 Å². The Morgan fingerprint density at radius 3 is 2.64 bits per heavy atom. The van der Waals surface area contributed by atoms with Crippen LogP contribution in [0.2, 0.25) is 0 Å². The highest BCUT2D eigenvalue weighted by Crippen LogP contribution is 2.69. The number of carboxylic acids is 1. The molecule has 1 N–H and O–H groups in total. The largest absolute Gasteiger partial charge is 0.477 e. The van der Waals surface area contributed by atoms with E-state index < -0.39 is 36.7 Å². The summed E-state index contributed by atoms with van der Waals surface area (Å²) >= 11 is 0.957. The third kappa shape index (κ3) is 5.03. The summed E-state index contributed by atoms with van der Waals surface area (Å²) in [5, 5.41) is 9.55. The number of carbonyl (C=O) groups is 2. The topological polar surface area (TPSA) is 93.1 Å². The minimum atomic E-state index is -5.07. The number of carboxylic acid groups (broad SMARTS) is 1. The number of hydrogen-bond acceptors (Lipinski definition) is 6. The zero-order valence-corrected chi connectivity index (χ0v) is 21.3. The monoisotopic (exact) mass is 537 g/mol. The van der Waals surface area contributed by atoms with Crippen molar-refractivity contribution in [2.75, 3.05) is 13.2 Å². The maximum absolute atomic E-state index is 16.3. The van der Waals surface area contributed by atoms with Gasteiger partial charge in [0, 0.05) is 16.8 Å². The number of thiophene rings is 1. The third-order valence-corrected chi connectivity index (χ3v) is 9.66. The molecule has 0 bridgehead atoms. The Morgan fingerprint density at radius 2 is 1.94 bits per heavy atom. The number of ether oxygens (including phenoxy) is 1. The second kappa shape index (κ2) is 10.7. The van der Waals surface area contributed by atoms with Crippen LogP contribution in [-0.2, 0) is 19.8 Å². The molecule has 1 unspecified atom stereocenters. The molecule has 0 spiro atoms. The van der Waals surface area contributed by atoms with Crippen LogP contribution in [0.4, 0.5) is 8.78 Å². The fourth-order valence-corrected chi connectivity index (χ4v) is 7.39. The Bertz CT molecular complexity index is 1300. The fourth-order valence-electron chi connectivity index (χ4n) is 4.11. The lowest BCUT2D eigenvalue weighted by atomic mass is 10.1. The maximum Gasteiger partial charge on any atom is 0.393 e. The summed E-state index contributed by atoms with van der Waals surface area (Å²) in [4.78, 5) is 24.1. The molecule has 2 heterocycles. The number of nitrogens with zero attached hydrogens (tertiary/aromatic N) is 1. The first kappa shape index (κ1) is 26.3. The van der Waals surface area contributed by atoms with Gasteiger partial charge in [-0.05, 0) is 55.0 Å². The highest BCUT2D eigenvalue weighted by atomic mass is 32.1. The van der Waals surface area contributed by atoms with Gasteiger partial charge in [-0.1, -0.05) is 37.6 Å². The molecule has 1 aromatic heterocycles. The molecule has 1 aliphatic heterocycles. The fraction of sp³-hybridized carbons (Fsp3) is 0.360. The van der Waals surface area contributed by atoms with E-state index in [2.05, 4.69) is 0 Å². The van der Waals surface area contributed by atoms with Crippen molar-refractivity contribution in [3.05, 3.63) is 65.0 Å². The number of rotatable bonds is 10. The van der Waals surface area contributed by atoms with Crippen molar-refractivity contribution in [1.29, 1.82) is 0 Å². The minimum absolute atomic E-state index is 0.00335. The summed E-state index contributed by atoms with van der Waals surface area (Å²) in [7, 11) is -5.07. The van der Waals surface area contributed by atoms with Gasteiger partial charge in [-0.25, -0.2) is 9.46 Å². The lowest BCUT2D eigenvalue weighted by Gasteiger charge is -2.36. The molecule has 7 nitrogen and oxygen atoms in total. The van der Waals surface area contributed by atoms with Crippen LogP contribution in [0.1, 0.15) is 47.8 Å². The number of aromatic carboxylic acids is 1. The highest BCUT2D eigenvalue weighted by molar-refractivity contribution is 7.57. The van der Waals surface area contributed by atoms with Gasteiger partial charge in [0.05, 0.1) is 6.61 Å². The molecule has 0 radical (unpaired) electrons. The Balaban J connectivity index is 1.76. The van der Waals surface area contributed by atoms with Crippen LogP contribution in [0.5, 0.6) is 5.75 Å². The number of carbonyl (C=O) groups excluding carboxylic acids is 1. The molecule has 0 aliphatic carbocycles. The third-order valence-electron chi connectivity index (χ3n) is 5.98. The van der Waals surface area contributed by atoms with Gasteiger partial charge >= 0.3 is 25.1 Å². The second-order valence-corrected chi connectivity index (χ2v) is 11.9. The molecule has 2 aromatic carbocycles. The van der Waals surface area contributed by atoms with Crippen molar-refractivity contribution in [2.45, 2.75) is 44.3 Å². The summed E-state index contributed by atoms with van der Waals surface area (Å²) < 4.78 is 59.3. The second-order valence-electron chi connectivity index (χ2n) is 8.48. The van der Waals surface area contributed by atoms with E-state index in [-0.39, 0.29) is 35.6 Å². The molecular formula is C25H26F2NO6PS. The van der Waals surface area contributed by atoms with Crippen molar-refractivity contribution in [2.24, 2.45) is 0 Å². The van der Waals surface area contributed by atoms with Crippen LogP contribution in [0.15, 0.2) is 54.6 Å². The number of para-hydroxylation sites is 1. The maximum atomic E-state index is 16.3. The van der Waals surface area contributed by atoms with Crippen molar-refractivity contribution in [1.82, 2.24) is 4.67 Å². The summed E-state index contributed by atoms with van der Waals surface area (Å²) in [6.45, 7) is 2.06. The van der Waals surface area contributed by atoms with E-state index in [1.807, 2.05) is 6.92 Å². The molecule has 0 amide bonds. The van der Waals surface area contributed by atoms with Crippen molar-refractivity contribution >= 4 is 40.9 Å². The van der Waals surface area contributed by atoms with Gasteiger partial charge in [-0.3, -0.25) is 9.36 Å².